The molecule has 5 nitrogen and oxygen atoms in total. The predicted octanol–water partition coefficient (Wildman–Crippen LogP) is 2.94. The Labute approximate surface area is 122 Å². The van der Waals surface area contributed by atoms with Crippen molar-refractivity contribution in [3.8, 4) is 0 Å². The molecule has 5 heteroatoms. The molecule has 1 heterocycles. The van der Waals surface area contributed by atoms with Crippen LogP contribution in [0.5, 0.6) is 0 Å². The molecule has 0 radical (unpaired) electrons. The lowest BCUT2D eigenvalue weighted by Gasteiger charge is -2.23. The van der Waals surface area contributed by atoms with Crippen molar-refractivity contribution in [2.24, 2.45) is 10.4 Å². The topological polar surface area (TPSA) is 62.5 Å². The number of hydrogen-bond donors (Lipinski definition) is 2. The van der Waals surface area contributed by atoms with Crippen molar-refractivity contribution in [3.63, 3.8) is 0 Å². The largest absolute Gasteiger partial charge is 0.364 e. The summed E-state index contributed by atoms with van der Waals surface area (Å²) in [6.45, 7) is 12.4. The molecular weight excluding hydrogens is 252 g/mol. The summed E-state index contributed by atoms with van der Waals surface area (Å²) < 4.78 is 4.80. The van der Waals surface area contributed by atoms with Crippen molar-refractivity contribution in [3.05, 3.63) is 18.0 Å². The van der Waals surface area contributed by atoms with E-state index in [0.717, 1.165) is 24.6 Å². The molecule has 0 fully saturated rings. The molecule has 0 saturated heterocycles. The minimum Gasteiger partial charge on any atom is -0.364 e. The van der Waals surface area contributed by atoms with E-state index in [-0.39, 0.29) is 0 Å². The van der Waals surface area contributed by atoms with Crippen LogP contribution in [0.25, 0.3) is 0 Å². The highest BCUT2D eigenvalue weighted by molar-refractivity contribution is 5.79. The summed E-state index contributed by atoms with van der Waals surface area (Å²) in [6, 6.07) is 2.22. The molecule has 0 aliphatic carbocycles. The number of nitrogens with one attached hydrogen (secondary N) is 2. The molecule has 0 aliphatic heterocycles. The molecule has 1 aromatic heterocycles. The lowest BCUT2D eigenvalue weighted by molar-refractivity contribution is 0.346. The van der Waals surface area contributed by atoms with Gasteiger partial charge in [-0.25, -0.2) is 4.99 Å². The first kappa shape index (κ1) is 16.5. The zero-order valence-electron chi connectivity index (χ0n) is 13.4. The molecular formula is C15H28N4O. The number of guanidine groups is 1. The van der Waals surface area contributed by atoms with Crippen molar-refractivity contribution >= 4 is 5.96 Å². The Kier molecular flexibility index (Phi) is 6.55. The molecule has 114 valence electrons. The normalized spacial score (nSPS) is 14.2. The van der Waals surface area contributed by atoms with Gasteiger partial charge in [-0.15, -0.1) is 0 Å². The minimum absolute atomic E-state index is 0.367. The van der Waals surface area contributed by atoms with E-state index < -0.39 is 0 Å². The van der Waals surface area contributed by atoms with Crippen LogP contribution in [0.1, 0.15) is 53.2 Å². The third-order valence-corrected chi connectivity index (χ3v) is 2.95. The summed E-state index contributed by atoms with van der Waals surface area (Å²) in [5, 5.41) is 10.5. The standard InChI is InChI=1S/C15H28N4O/c1-6-16-14(17-11-13-8-10-20-19-13)18-12(2)7-9-15(3,4)5/h8,10,12H,6-7,9,11H2,1-5H3,(H2,16,17,18). The highest BCUT2D eigenvalue weighted by Gasteiger charge is 2.13. The van der Waals surface area contributed by atoms with E-state index in [4.69, 9.17) is 4.52 Å². The van der Waals surface area contributed by atoms with Gasteiger partial charge in [-0.1, -0.05) is 25.9 Å². The summed E-state index contributed by atoms with van der Waals surface area (Å²) in [7, 11) is 0. The average molecular weight is 280 g/mol. The molecule has 0 saturated carbocycles. The Morgan fingerprint density at radius 2 is 2.20 bits per heavy atom. The first-order valence-corrected chi connectivity index (χ1v) is 7.35. The van der Waals surface area contributed by atoms with E-state index in [0.29, 0.717) is 18.0 Å². The Morgan fingerprint density at radius 3 is 2.75 bits per heavy atom. The second-order valence-corrected chi connectivity index (χ2v) is 6.33. The van der Waals surface area contributed by atoms with E-state index in [1.54, 1.807) is 6.26 Å². The number of aliphatic imine (C=N–C) groups is 1. The van der Waals surface area contributed by atoms with Gasteiger partial charge in [0.25, 0.3) is 0 Å². The van der Waals surface area contributed by atoms with Gasteiger partial charge in [-0.3, -0.25) is 0 Å². The molecule has 1 rings (SSSR count). The van der Waals surface area contributed by atoms with Crippen LogP contribution in [0, 0.1) is 5.41 Å². The molecule has 1 unspecified atom stereocenters. The number of hydrogen-bond acceptors (Lipinski definition) is 3. The van der Waals surface area contributed by atoms with E-state index in [1.165, 1.54) is 6.42 Å². The van der Waals surface area contributed by atoms with Crippen LogP contribution >= 0.6 is 0 Å². The first-order chi connectivity index (χ1) is 9.40. The van der Waals surface area contributed by atoms with E-state index in [2.05, 4.69) is 55.4 Å². The van der Waals surface area contributed by atoms with Crippen LogP contribution in [0.3, 0.4) is 0 Å². The van der Waals surface area contributed by atoms with Gasteiger partial charge in [0.05, 0.1) is 6.54 Å². The average Bonchev–Trinajstić information content (AvgIpc) is 2.86. The first-order valence-electron chi connectivity index (χ1n) is 7.35. The van der Waals surface area contributed by atoms with Crippen LogP contribution in [0.2, 0.25) is 0 Å². The van der Waals surface area contributed by atoms with Crippen LogP contribution in [0.15, 0.2) is 21.8 Å². The Morgan fingerprint density at radius 1 is 1.45 bits per heavy atom. The van der Waals surface area contributed by atoms with Gasteiger partial charge < -0.3 is 15.2 Å². The fourth-order valence-electron chi connectivity index (χ4n) is 1.75. The minimum atomic E-state index is 0.367. The third kappa shape index (κ3) is 7.16. The number of nitrogens with zero attached hydrogens (tertiary/aromatic N) is 2. The van der Waals surface area contributed by atoms with Crippen LogP contribution < -0.4 is 10.6 Å². The summed E-state index contributed by atoms with van der Waals surface area (Å²) in [5.41, 5.74) is 1.20. The second-order valence-electron chi connectivity index (χ2n) is 6.33. The molecule has 0 amide bonds. The maximum atomic E-state index is 4.80. The zero-order valence-corrected chi connectivity index (χ0v) is 13.4. The number of aromatic nitrogens is 1. The highest BCUT2D eigenvalue weighted by Crippen LogP contribution is 2.21. The predicted molar refractivity (Wildman–Crippen MR) is 82.6 cm³/mol. The molecule has 0 aromatic carbocycles. The van der Waals surface area contributed by atoms with Gasteiger partial charge in [-0.2, -0.15) is 0 Å². The summed E-state index contributed by atoms with van der Waals surface area (Å²) in [5.74, 6) is 0.830. The Bertz CT molecular complexity index is 393. The maximum absolute atomic E-state index is 4.80. The van der Waals surface area contributed by atoms with Crippen LogP contribution in [-0.4, -0.2) is 23.7 Å². The summed E-state index contributed by atoms with van der Waals surface area (Å²) in [6.07, 6.45) is 3.87. The van der Waals surface area contributed by atoms with Crippen LogP contribution in [-0.2, 0) is 6.54 Å². The fourth-order valence-corrected chi connectivity index (χ4v) is 1.75. The Balaban J connectivity index is 2.47. The monoisotopic (exact) mass is 280 g/mol. The van der Waals surface area contributed by atoms with Crippen molar-refractivity contribution in [1.82, 2.24) is 15.8 Å². The lowest BCUT2D eigenvalue weighted by Crippen LogP contribution is -2.42. The number of rotatable bonds is 6. The third-order valence-electron chi connectivity index (χ3n) is 2.95. The molecule has 2 N–H and O–H groups in total. The molecule has 1 aromatic rings. The SMILES string of the molecule is CCNC(=NCc1ccon1)NC(C)CCC(C)(C)C. The Hall–Kier alpha value is -1.52. The van der Waals surface area contributed by atoms with Crippen molar-refractivity contribution in [2.75, 3.05) is 6.54 Å². The van der Waals surface area contributed by atoms with E-state index in [9.17, 15) is 0 Å². The lowest BCUT2D eigenvalue weighted by atomic mass is 9.89. The van der Waals surface area contributed by atoms with Crippen LogP contribution in [0.4, 0.5) is 0 Å². The molecule has 0 spiro atoms. The summed E-state index contributed by atoms with van der Waals surface area (Å²) >= 11 is 0. The fraction of sp³-hybridized carbons (Fsp3) is 0.733. The van der Waals surface area contributed by atoms with Gasteiger partial charge in [0, 0.05) is 18.7 Å². The highest BCUT2D eigenvalue weighted by atomic mass is 16.5. The van der Waals surface area contributed by atoms with Gasteiger partial charge in [0.2, 0.25) is 0 Å². The molecule has 20 heavy (non-hydrogen) atoms. The van der Waals surface area contributed by atoms with Crippen molar-refractivity contribution in [1.29, 1.82) is 0 Å². The van der Waals surface area contributed by atoms with Gasteiger partial charge in [0.15, 0.2) is 5.96 Å². The van der Waals surface area contributed by atoms with Gasteiger partial charge >= 0.3 is 0 Å². The van der Waals surface area contributed by atoms with Crippen molar-refractivity contribution in [2.45, 2.75) is 60.0 Å². The molecule has 0 aliphatic rings. The van der Waals surface area contributed by atoms with E-state index in [1.807, 2.05) is 6.07 Å². The second kappa shape index (κ2) is 7.92. The molecule has 1 atom stereocenters. The quantitative estimate of drug-likeness (QED) is 0.621. The smallest absolute Gasteiger partial charge is 0.191 e. The van der Waals surface area contributed by atoms with Gasteiger partial charge in [-0.05, 0) is 32.1 Å². The van der Waals surface area contributed by atoms with Gasteiger partial charge in [0.1, 0.15) is 12.0 Å². The van der Waals surface area contributed by atoms with E-state index >= 15 is 0 Å². The zero-order chi connectivity index (χ0) is 15.0. The maximum Gasteiger partial charge on any atom is 0.191 e. The molecule has 0 bridgehead atoms. The summed E-state index contributed by atoms with van der Waals surface area (Å²) in [4.78, 5) is 4.51. The van der Waals surface area contributed by atoms with Crippen molar-refractivity contribution < 1.29 is 4.52 Å².